The maximum Gasteiger partial charge on any atom is 0.270 e. The van der Waals surface area contributed by atoms with Crippen LogP contribution in [0.4, 0.5) is 11.4 Å². The van der Waals surface area contributed by atoms with Gasteiger partial charge in [0.1, 0.15) is 12.8 Å². The van der Waals surface area contributed by atoms with Gasteiger partial charge in [-0.3, -0.25) is 14.9 Å². The van der Waals surface area contributed by atoms with Crippen LogP contribution in [0.2, 0.25) is 10.0 Å². The van der Waals surface area contributed by atoms with E-state index in [1.54, 1.807) is 30.2 Å². The molecule has 238 valence electrons. The zero-order chi connectivity index (χ0) is 33.1. The summed E-state index contributed by atoms with van der Waals surface area (Å²) in [6.07, 6.45) is -0.619. The van der Waals surface area contributed by atoms with Crippen molar-refractivity contribution < 1.29 is 19.2 Å². The average molecular weight is 733 g/mol. The number of fused-ring (bicyclic) bond motifs is 1. The van der Waals surface area contributed by atoms with Crippen molar-refractivity contribution in [3.63, 3.8) is 0 Å². The van der Waals surface area contributed by atoms with Gasteiger partial charge in [0.2, 0.25) is 0 Å². The molecule has 5 aromatic rings. The molecule has 0 saturated heterocycles. The highest BCUT2D eigenvalue weighted by molar-refractivity contribution is 9.10. The molecule has 1 aliphatic heterocycles. The largest absolute Gasteiger partial charge is 0.493 e. The van der Waals surface area contributed by atoms with Crippen molar-refractivity contribution in [2.24, 2.45) is 0 Å². The molecule has 47 heavy (non-hydrogen) atoms. The number of ether oxygens (including phenoxy) is 2. The topological polar surface area (TPSA) is 85.1 Å². The van der Waals surface area contributed by atoms with Crippen molar-refractivity contribution in [2.75, 3.05) is 12.0 Å². The van der Waals surface area contributed by atoms with Crippen LogP contribution < -0.4 is 14.4 Å². The number of nitro groups is 1. The highest BCUT2D eigenvalue weighted by Gasteiger charge is 2.40. The predicted octanol–water partition coefficient (Wildman–Crippen LogP) is 9.61. The first-order valence-corrected chi connectivity index (χ1v) is 16.2. The SMILES string of the molecule is COc1cc([C@H]2N(Cc3ccccc3)C(=O)c3cc([N+](=O)[O-])ccc3N2Cc2ccccc2)cc(Br)c1OCc1ccc(Cl)c(Cl)c1. The first-order chi connectivity index (χ1) is 22.7. The summed E-state index contributed by atoms with van der Waals surface area (Å²) in [7, 11) is 1.56. The molecule has 0 fully saturated rings. The monoisotopic (exact) mass is 731 g/mol. The fourth-order valence-electron chi connectivity index (χ4n) is 5.69. The van der Waals surface area contributed by atoms with Crippen LogP contribution in [0.15, 0.2) is 114 Å². The first kappa shape index (κ1) is 32.4. The molecule has 5 aromatic carbocycles. The summed E-state index contributed by atoms with van der Waals surface area (Å²) in [5, 5.41) is 12.6. The van der Waals surface area contributed by atoms with E-state index < -0.39 is 11.1 Å². The predicted molar refractivity (Wildman–Crippen MR) is 186 cm³/mol. The minimum atomic E-state index is -0.619. The third-order valence-electron chi connectivity index (χ3n) is 7.89. The van der Waals surface area contributed by atoms with Crippen molar-refractivity contribution >= 4 is 56.4 Å². The Morgan fingerprint density at radius 3 is 2.09 bits per heavy atom. The van der Waals surface area contributed by atoms with E-state index in [9.17, 15) is 14.9 Å². The van der Waals surface area contributed by atoms with Gasteiger partial charge < -0.3 is 19.3 Å². The number of nitrogens with zero attached hydrogens (tertiary/aromatic N) is 3. The van der Waals surface area contributed by atoms with E-state index in [-0.39, 0.29) is 30.3 Å². The van der Waals surface area contributed by atoms with Gasteiger partial charge in [0.05, 0.1) is 37.8 Å². The normalized spacial score (nSPS) is 14.1. The second-order valence-corrected chi connectivity index (χ2v) is 12.6. The Balaban J connectivity index is 1.47. The molecule has 1 amide bonds. The number of methoxy groups -OCH3 is 1. The van der Waals surface area contributed by atoms with Gasteiger partial charge in [0, 0.05) is 25.2 Å². The van der Waals surface area contributed by atoms with Crippen LogP contribution in [0, 0.1) is 10.1 Å². The molecule has 1 heterocycles. The highest BCUT2D eigenvalue weighted by Crippen LogP contribution is 2.46. The number of nitro benzene ring substituents is 1. The van der Waals surface area contributed by atoms with Crippen molar-refractivity contribution in [1.82, 2.24) is 4.90 Å². The summed E-state index contributed by atoms with van der Waals surface area (Å²) in [5.74, 6) is 0.609. The molecule has 0 radical (unpaired) electrons. The van der Waals surface area contributed by atoms with E-state index in [0.717, 1.165) is 22.3 Å². The first-order valence-electron chi connectivity index (χ1n) is 14.6. The van der Waals surface area contributed by atoms with Crippen LogP contribution >= 0.6 is 39.1 Å². The Bertz CT molecular complexity index is 1950. The number of carbonyl (C=O) groups excluding carboxylic acids is 1. The second kappa shape index (κ2) is 14.0. The van der Waals surface area contributed by atoms with Gasteiger partial charge in [0.15, 0.2) is 11.5 Å². The number of benzene rings is 5. The van der Waals surface area contributed by atoms with Gasteiger partial charge in [-0.15, -0.1) is 0 Å². The van der Waals surface area contributed by atoms with E-state index in [1.165, 1.54) is 12.1 Å². The number of anilines is 1. The summed E-state index contributed by atoms with van der Waals surface area (Å²) < 4.78 is 12.7. The summed E-state index contributed by atoms with van der Waals surface area (Å²) in [5.41, 5.74) is 4.19. The van der Waals surface area contributed by atoms with Gasteiger partial charge in [-0.25, -0.2) is 0 Å². The smallest absolute Gasteiger partial charge is 0.270 e. The highest BCUT2D eigenvalue weighted by atomic mass is 79.9. The average Bonchev–Trinajstić information content (AvgIpc) is 3.08. The molecule has 6 rings (SSSR count). The molecule has 0 spiro atoms. The number of carbonyl (C=O) groups is 1. The van der Waals surface area contributed by atoms with Crippen molar-refractivity contribution in [3.05, 3.63) is 162 Å². The van der Waals surface area contributed by atoms with E-state index in [2.05, 4.69) is 20.8 Å². The van der Waals surface area contributed by atoms with Gasteiger partial charge in [0.25, 0.3) is 11.6 Å². The van der Waals surface area contributed by atoms with Gasteiger partial charge in [-0.2, -0.15) is 0 Å². The fraction of sp³-hybridized carbons (Fsp3) is 0.139. The number of hydrogen-bond donors (Lipinski definition) is 0. The summed E-state index contributed by atoms with van der Waals surface area (Å²) in [6, 6.07) is 33.0. The Morgan fingerprint density at radius 1 is 0.809 bits per heavy atom. The second-order valence-electron chi connectivity index (χ2n) is 10.9. The van der Waals surface area contributed by atoms with Crippen LogP contribution in [0.5, 0.6) is 11.5 Å². The third-order valence-corrected chi connectivity index (χ3v) is 9.22. The zero-order valence-corrected chi connectivity index (χ0v) is 28.2. The summed E-state index contributed by atoms with van der Waals surface area (Å²) >= 11 is 16.0. The number of halogens is 3. The van der Waals surface area contributed by atoms with Gasteiger partial charge >= 0.3 is 0 Å². The molecule has 11 heteroatoms. The molecule has 0 N–H and O–H groups in total. The Kier molecular flexibility index (Phi) is 9.68. The fourth-order valence-corrected chi connectivity index (χ4v) is 6.58. The summed E-state index contributed by atoms with van der Waals surface area (Å²) in [4.78, 5) is 29.5. The maximum atomic E-state index is 14.4. The standard InChI is InChI=1S/C36H28BrCl2N3O5/c1-46-33-18-26(17-29(37)34(33)47-22-25-12-14-30(38)31(39)16-25)35-40(20-23-8-4-2-5-9-23)32-15-13-27(42(44)45)19-28(32)36(43)41(35)21-24-10-6-3-7-11-24/h2-19,35H,20-22H2,1H3/t35-/m1/s1. The minimum Gasteiger partial charge on any atom is -0.493 e. The van der Waals surface area contributed by atoms with Crippen LogP contribution in [0.3, 0.4) is 0 Å². The van der Waals surface area contributed by atoms with E-state index >= 15 is 0 Å². The zero-order valence-electron chi connectivity index (χ0n) is 25.1. The lowest BCUT2D eigenvalue weighted by atomic mass is 9.98. The molecule has 1 atom stereocenters. The van der Waals surface area contributed by atoms with Gasteiger partial charge in [-0.1, -0.05) is 89.9 Å². The van der Waals surface area contributed by atoms with Crippen LogP contribution in [0.25, 0.3) is 0 Å². The lowest BCUT2D eigenvalue weighted by molar-refractivity contribution is -0.384. The number of hydrogen-bond acceptors (Lipinski definition) is 6. The molecular formula is C36H28BrCl2N3O5. The van der Waals surface area contributed by atoms with Crippen LogP contribution in [-0.4, -0.2) is 22.8 Å². The van der Waals surface area contributed by atoms with Crippen LogP contribution in [-0.2, 0) is 19.7 Å². The molecular weight excluding hydrogens is 705 g/mol. The lowest BCUT2D eigenvalue weighted by Crippen LogP contribution is -2.48. The number of non-ortho nitro benzene ring substituents is 1. The Morgan fingerprint density at radius 2 is 1.47 bits per heavy atom. The lowest BCUT2D eigenvalue weighted by Gasteiger charge is -2.46. The minimum absolute atomic E-state index is 0.150. The molecule has 0 unspecified atom stereocenters. The molecule has 0 aliphatic carbocycles. The summed E-state index contributed by atoms with van der Waals surface area (Å²) in [6.45, 7) is 0.886. The molecule has 8 nitrogen and oxygen atoms in total. The molecule has 1 aliphatic rings. The van der Waals surface area contributed by atoms with E-state index in [4.69, 9.17) is 32.7 Å². The third kappa shape index (κ3) is 6.93. The Labute approximate surface area is 290 Å². The van der Waals surface area contributed by atoms with E-state index in [1.807, 2.05) is 78.9 Å². The van der Waals surface area contributed by atoms with E-state index in [0.29, 0.717) is 38.2 Å². The molecule has 0 saturated carbocycles. The number of amides is 1. The Hall–Kier alpha value is -4.57. The van der Waals surface area contributed by atoms with Gasteiger partial charge in [-0.05, 0) is 68.5 Å². The quantitative estimate of drug-likeness (QED) is 0.105. The van der Waals surface area contributed by atoms with Crippen molar-refractivity contribution in [3.8, 4) is 11.5 Å². The number of rotatable bonds is 10. The van der Waals surface area contributed by atoms with Crippen molar-refractivity contribution in [2.45, 2.75) is 25.9 Å². The van der Waals surface area contributed by atoms with Crippen LogP contribution in [0.1, 0.15) is 38.8 Å². The molecule has 0 bridgehead atoms. The maximum absolute atomic E-state index is 14.4. The molecule has 0 aromatic heterocycles. The van der Waals surface area contributed by atoms with Crippen molar-refractivity contribution in [1.29, 1.82) is 0 Å².